The Labute approximate surface area is 733 Å². The molecule has 3 aliphatic rings. The van der Waals surface area contributed by atoms with E-state index >= 15 is 0 Å². The zero-order chi connectivity index (χ0) is 83.0. The Bertz CT molecular complexity index is 8870. The summed E-state index contributed by atoms with van der Waals surface area (Å²) in [5.74, 6) is 0. The highest BCUT2D eigenvalue weighted by Crippen LogP contribution is 2.63. The number of benzene rings is 21. The van der Waals surface area contributed by atoms with Crippen LogP contribution in [0.1, 0.15) is 47.2 Å². The molecule has 1 spiro atoms. The van der Waals surface area contributed by atoms with E-state index in [0.717, 1.165) is 0 Å². The van der Waals surface area contributed by atoms with Crippen molar-refractivity contribution in [2.75, 3.05) is 0 Å². The highest BCUT2D eigenvalue weighted by Gasteiger charge is 2.51. The molecule has 25 aromatic rings. The third-order valence-corrected chi connectivity index (χ3v) is 29.1. The molecule has 0 bridgehead atoms. The van der Waals surface area contributed by atoms with Crippen molar-refractivity contribution in [3.8, 4) is 83.8 Å². The summed E-state index contributed by atoms with van der Waals surface area (Å²) in [6.45, 7) is 4.68. The molecule has 4 heterocycles. The monoisotopic (exact) mass is 1620 g/mol. The molecule has 21 aromatic carbocycles. The number of rotatable bonds is 6. The summed E-state index contributed by atoms with van der Waals surface area (Å²) in [5.41, 5.74) is 34.6. The van der Waals surface area contributed by atoms with Gasteiger partial charge in [-0.2, -0.15) is 0 Å². The minimum atomic E-state index is -0.311. The van der Waals surface area contributed by atoms with Crippen molar-refractivity contribution >= 4 is 140 Å². The lowest BCUT2D eigenvalue weighted by Crippen LogP contribution is -2.25. The first-order valence-electron chi connectivity index (χ1n) is 43.8. The molecule has 3 nitrogen and oxygen atoms in total. The average Bonchev–Trinajstić information content (AvgIpc) is 1.51. The number of fused-ring (bicyclic) bond motifs is 30. The normalized spacial score (nSPS) is 13.1. The van der Waals surface area contributed by atoms with Crippen LogP contribution in [0.15, 0.2) is 443 Å². The van der Waals surface area contributed by atoms with Gasteiger partial charge >= 0.3 is 0 Å². The molecule has 0 atom stereocenters. The Hall–Kier alpha value is -15.7. The molecule has 28 rings (SSSR count). The Morgan fingerprint density at radius 2 is 0.468 bits per heavy atom. The first kappa shape index (κ1) is 72.0. The van der Waals surface area contributed by atoms with E-state index in [-0.39, 0.29) is 10.8 Å². The third kappa shape index (κ3) is 10.8. The van der Waals surface area contributed by atoms with Crippen molar-refractivity contribution in [2.24, 2.45) is 0 Å². The molecule has 4 aromatic heterocycles. The number of aromatic nitrogens is 3. The number of hydrogen-bond acceptors (Lipinski definition) is 1. The van der Waals surface area contributed by atoms with E-state index in [4.69, 9.17) is 0 Å². The van der Waals surface area contributed by atoms with Crippen LogP contribution in [0.4, 0.5) is 0 Å². The van der Waals surface area contributed by atoms with Gasteiger partial charge in [0.1, 0.15) is 0 Å². The van der Waals surface area contributed by atoms with Gasteiger partial charge in [-0.15, -0.1) is 11.3 Å². The van der Waals surface area contributed by atoms with Crippen molar-refractivity contribution in [2.45, 2.75) is 24.7 Å². The first-order chi connectivity index (χ1) is 62.2. The second kappa shape index (κ2) is 27.9. The molecule has 0 saturated carbocycles. The smallest absolute Gasteiger partial charge is 0.0725 e. The van der Waals surface area contributed by atoms with Crippen molar-refractivity contribution in [3.63, 3.8) is 0 Å². The van der Waals surface area contributed by atoms with Crippen molar-refractivity contribution in [1.29, 1.82) is 0 Å². The van der Waals surface area contributed by atoms with Gasteiger partial charge in [0.25, 0.3) is 0 Å². The van der Waals surface area contributed by atoms with Crippen molar-refractivity contribution in [1.82, 2.24) is 13.7 Å². The van der Waals surface area contributed by atoms with Gasteiger partial charge in [-0.05, 0) is 265 Å². The van der Waals surface area contributed by atoms with Crippen LogP contribution in [0.2, 0.25) is 0 Å². The van der Waals surface area contributed by atoms with Gasteiger partial charge in [0.05, 0.1) is 38.5 Å². The second-order valence-corrected chi connectivity index (χ2v) is 36.0. The lowest BCUT2D eigenvalue weighted by Gasteiger charge is -2.30. The van der Waals surface area contributed by atoms with E-state index in [0.29, 0.717) is 0 Å². The molecule has 4 heteroatoms. The Kier molecular flexibility index (Phi) is 15.9. The predicted octanol–water partition coefficient (Wildman–Crippen LogP) is 33.0. The Balaban J connectivity index is 0.000000101. The standard InChI is InChI=1S/C47H29N.C38H23NS.C37H27N/c1-2-12-31-27-34(24-21-30(31)11-1)48-45-20-10-6-16-38(45)40-29-33(23-26-46(40)48)32-22-25-44-39(28-32)37-15-5-9-19-43(37)47(44)41-17-7-3-13-35(41)36-14-4-8-18-42(36)47;1-2-9-26-21-29(17-13-24(26)7-1)39-34-12-6-5-11-31(34)32-22-27(14-18-35(32)39)28-16-19-36-33(23-28)38-30-10-4-3-8-25(30)15-20-37(38)40-36;1-37(2)33-13-7-5-11-29(33)31-22-26(16-19-34(31)37)27-17-20-36-32(23-27)30-12-6-8-14-35(30)38(36)28-18-15-24-9-3-4-10-25(24)21-28/h1-29H;1-23H;3-23H,1-2H3. The number of thiophene rings is 1. The largest absolute Gasteiger partial charge is 0.309 e. The average molecular weight is 1620 g/mol. The fourth-order valence-electron chi connectivity index (χ4n) is 22.1. The third-order valence-electron chi connectivity index (χ3n) is 27.9. The highest BCUT2D eigenvalue weighted by molar-refractivity contribution is 7.26. The van der Waals surface area contributed by atoms with Gasteiger partial charge in [0.2, 0.25) is 0 Å². The molecule has 0 aliphatic heterocycles. The van der Waals surface area contributed by atoms with Crippen molar-refractivity contribution < 1.29 is 0 Å². The maximum Gasteiger partial charge on any atom is 0.0725 e. The maximum absolute atomic E-state index is 2.44. The summed E-state index contributed by atoms with van der Waals surface area (Å²) in [6, 6.07) is 164. The lowest BCUT2D eigenvalue weighted by molar-refractivity contribution is 0.660. The maximum atomic E-state index is 2.44. The molecule has 0 radical (unpaired) electrons. The zero-order valence-corrected chi connectivity index (χ0v) is 70.2. The second-order valence-electron chi connectivity index (χ2n) is 34.9. The van der Waals surface area contributed by atoms with Gasteiger partial charge in [-0.3, -0.25) is 0 Å². The summed E-state index contributed by atoms with van der Waals surface area (Å²) in [6.07, 6.45) is 0. The fourth-order valence-corrected chi connectivity index (χ4v) is 23.2. The van der Waals surface area contributed by atoms with Crippen LogP contribution in [0.3, 0.4) is 0 Å². The van der Waals surface area contributed by atoms with Gasteiger partial charge in [-0.1, -0.05) is 335 Å². The van der Waals surface area contributed by atoms with E-state index in [1.165, 1.54) is 246 Å². The molecule has 0 unspecified atom stereocenters. The van der Waals surface area contributed by atoms with E-state index in [1.54, 1.807) is 0 Å². The van der Waals surface area contributed by atoms with Crippen molar-refractivity contribution in [3.05, 3.63) is 476 Å². The zero-order valence-electron chi connectivity index (χ0n) is 69.4. The van der Waals surface area contributed by atoms with Crippen LogP contribution >= 0.6 is 11.3 Å². The first-order valence-corrected chi connectivity index (χ1v) is 44.6. The lowest BCUT2D eigenvalue weighted by atomic mass is 9.70. The van der Waals surface area contributed by atoms with E-state index in [1.807, 2.05) is 11.3 Å². The van der Waals surface area contributed by atoms with Crippen LogP contribution in [0, 0.1) is 0 Å². The molecule has 0 amide bonds. The number of nitrogens with zero attached hydrogens (tertiary/aromatic N) is 3. The van der Waals surface area contributed by atoms with Crippen LogP contribution in [-0.2, 0) is 10.8 Å². The summed E-state index contributed by atoms with van der Waals surface area (Å²) in [7, 11) is 0. The van der Waals surface area contributed by atoms with Crippen LogP contribution < -0.4 is 0 Å². The Morgan fingerprint density at radius 1 is 0.183 bits per heavy atom. The van der Waals surface area contributed by atoms with Gasteiger partial charge in [-0.25, -0.2) is 0 Å². The van der Waals surface area contributed by atoms with Gasteiger partial charge < -0.3 is 13.7 Å². The SMILES string of the molecule is CC1(C)c2ccccc2-c2cc(-c3ccc4c(c3)c3ccccc3n4-c3ccc4ccccc4c3)ccc21.c1ccc2c(c1)-c1ccccc1C21c2ccccc2-c2cc(-c3ccc4c(c3)c3ccccc3n4-c3ccc4ccccc4c3)ccc21.c1ccc2cc(-n3c4ccccc4c4cc(-c5ccc6sc7ccc8ccccc8c7c6c5)ccc43)ccc2c1. The quantitative estimate of drug-likeness (QED) is 0.158. The molecular formula is C122H79N3S. The number of para-hydroxylation sites is 3. The molecule has 0 N–H and O–H groups in total. The fraction of sp³-hybridized carbons (Fsp3) is 0.0328. The van der Waals surface area contributed by atoms with E-state index < -0.39 is 0 Å². The van der Waals surface area contributed by atoms with E-state index in [9.17, 15) is 0 Å². The molecule has 0 saturated heterocycles. The summed E-state index contributed by atoms with van der Waals surface area (Å²) in [5, 5.41) is 20.6. The van der Waals surface area contributed by atoms with E-state index in [2.05, 4.69) is 470 Å². The van der Waals surface area contributed by atoms with Gasteiger partial charge in [0, 0.05) is 75.0 Å². The summed E-state index contributed by atoms with van der Waals surface area (Å²) >= 11 is 1.88. The van der Waals surface area contributed by atoms with Crippen LogP contribution in [0.25, 0.3) is 213 Å². The molecule has 0 fully saturated rings. The molecule has 588 valence electrons. The molecular weight excluding hydrogens is 1540 g/mol. The summed E-state index contributed by atoms with van der Waals surface area (Å²) < 4.78 is 9.91. The number of hydrogen-bond donors (Lipinski definition) is 0. The molecule has 126 heavy (non-hydrogen) atoms. The topological polar surface area (TPSA) is 14.8 Å². The van der Waals surface area contributed by atoms with Crippen LogP contribution in [0.5, 0.6) is 0 Å². The minimum Gasteiger partial charge on any atom is -0.309 e. The highest BCUT2D eigenvalue weighted by atomic mass is 32.1. The Morgan fingerprint density at radius 3 is 0.921 bits per heavy atom. The van der Waals surface area contributed by atoms with Gasteiger partial charge in [0.15, 0.2) is 0 Å². The van der Waals surface area contributed by atoms with Crippen LogP contribution in [-0.4, -0.2) is 13.7 Å². The molecule has 3 aliphatic carbocycles. The summed E-state index contributed by atoms with van der Waals surface area (Å²) in [4.78, 5) is 0. The predicted molar refractivity (Wildman–Crippen MR) is 535 cm³/mol. The minimum absolute atomic E-state index is 0.0295.